The molecule has 0 aliphatic heterocycles. The van der Waals surface area contributed by atoms with Gasteiger partial charge in [0.25, 0.3) is 5.91 Å². The van der Waals surface area contributed by atoms with Gasteiger partial charge in [-0.25, -0.2) is 9.50 Å². The van der Waals surface area contributed by atoms with E-state index in [2.05, 4.69) is 25.7 Å². The fraction of sp³-hybridized carbons (Fsp3) is 0.538. The second-order valence-electron chi connectivity index (χ2n) is 10.1. The van der Waals surface area contributed by atoms with E-state index < -0.39 is 0 Å². The van der Waals surface area contributed by atoms with Gasteiger partial charge in [0.15, 0.2) is 5.65 Å². The maximum absolute atomic E-state index is 13.1. The highest BCUT2D eigenvalue weighted by atomic mass is 16.1. The van der Waals surface area contributed by atoms with Crippen molar-refractivity contribution in [2.24, 2.45) is 17.6 Å². The Morgan fingerprint density at radius 3 is 2.53 bits per heavy atom. The highest BCUT2D eigenvalue weighted by molar-refractivity contribution is 5.99. The van der Waals surface area contributed by atoms with E-state index >= 15 is 0 Å². The number of pyridine rings is 1. The van der Waals surface area contributed by atoms with E-state index in [1.807, 2.05) is 30.6 Å². The second-order valence-corrected chi connectivity index (χ2v) is 10.1. The fourth-order valence-corrected chi connectivity index (χ4v) is 5.52. The van der Waals surface area contributed by atoms with E-state index in [0.717, 1.165) is 30.2 Å². The predicted octanol–water partition coefficient (Wildman–Crippen LogP) is 3.93. The normalized spacial score (nSPS) is 25.2. The van der Waals surface area contributed by atoms with Crippen LogP contribution in [-0.2, 0) is 6.54 Å². The minimum atomic E-state index is -0.0865. The molecule has 4 N–H and O–H groups in total. The van der Waals surface area contributed by atoms with Crippen LogP contribution in [0.2, 0.25) is 0 Å². The molecule has 0 atom stereocenters. The molecule has 2 saturated carbocycles. The van der Waals surface area contributed by atoms with Gasteiger partial charge < -0.3 is 16.4 Å². The maximum Gasteiger partial charge on any atom is 0.256 e. The summed E-state index contributed by atoms with van der Waals surface area (Å²) >= 11 is 0. The fourth-order valence-electron chi connectivity index (χ4n) is 5.52. The zero-order chi connectivity index (χ0) is 23.3. The van der Waals surface area contributed by atoms with Crippen molar-refractivity contribution >= 4 is 17.4 Å². The standard InChI is InChI=1S/C26H35N7O/c27-21-7-3-18(4-8-21)14-19-5-9-22(10-6-19)31-26(34)23-17-30-33-13-11-24(32-25(23)33)29-16-20-2-1-12-28-15-20/h1-2,11-13,15,17-19,21-22H,3-10,14,16,27H2,(H,29,32)(H,31,34)/t18?,19-,21?,22-. The summed E-state index contributed by atoms with van der Waals surface area (Å²) in [6, 6.07) is 6.43. The molecule has 3 heterocycles. The van der Waals surface area contributed by atoms with Crippen molar-refractivity contribution in [1.29, 1.82) is 0 Å². The summed E-state index contributed by atoms with van der Waals surface area (Å²) in [4.78, 5) is 21.8. The molecule has 2 fully saturated rings. The molecule has 8 nitrogen and oxygen atoms in total. The molecule has 0 saturated heterocycles. The van der Waals surface area contributed by atoms with Crippen molar-refractivity contribution in [2.75, 3.05) is 5.32 Å². The third kappa shape index (κ3) is 5.55. The van der Waals surface area contributed by atoms with Gasteiger partial charge in [-0.1, -0.05) is 6.07 Å². The van der Waals surface area contributed by atoms with Crippen molar-refractivity contribution in [2.45, 2.75) is 76.4 Å². The predicted molar refractivity (Wildman–Crippen MR) is 132 cm³/mol. The minimum absolute atomic E-state index is 0.0865. The Kier molecular flexibility index (Phi) is 7.04. The Morgan fingerprint density at radius 1 is 1.03 bits per heavy atom. The average Bonchev–Trinajstić information content (AvgIpc) is 3.29. The van der Waals surface area contributed by atoms with Crippen LogP contribution in [0.4, 0.5) is 5.82 Å². The van der Waals surface area contributed by atoms with Crippen LogP contribution in [0.1, 0.15) is 73.7 Å². The Balaban J connectivity index is 1.15. The average molecular weight is 462 g/mol. The van der Waals surface area contributed by atoms with Gasteiger partial charge in [0.1, 0.15) is 11.4 Å². The van der Waals surface area contributed by atoms with Crippen molar-refractivity contribution in [3.05, 3.63) is 54.1 Å². The number of hydrogen-bond acceptors (Lipinski definition) is 6. The quantitative estimate of drug-likeness (QED) is 0.492. The second kappa shape index (κ2) is 10.5. The SMILES string of the molecule is NC1CCC(C[C@H]2CC[C@H](NC(=O)c3cnn4ccc(NCc5cccnc5)nc34)CC2)CC1. The van der Waals surface area contributed by atoms with E-state index in [1.54, 1.807) is 16.9 Å². The molecule has 0 radical (unpaired) electrons. The Morgan fingerprint density at radius 2 is 1.79 bits per heavy atom. The molecule has 5 rings (SSSR count). The number of nitrogens with zero attached hydrogens (tertiary/aromatic N) is 4. The van der Waals surface area contributed by atoms with E-state index in [9.17, 15) is 4.79 Å². The summed E-state index contributed by atoms with van der Waals surface area (Å²) in [6.07, 6.45) is 17.8. The molecule has 2 aliphatic carbocycles. The van der Waals surface area contributed by atoms with E-state index in [0.29, 0.717) is 29.6 Å². The third-order valence-electron chi connectivity index (χ3n) is 7.55. The van der Waals surface area contributed by atoms with Gasteiger partial charge in [-0.3, -0.25) is 9.78 Å². The number of amides is 1. The Labute approximate surface area is 200 Å². The highest BCUT2D eigenvalue weighted by Crippen LogP contribution is 2.35. The molecule has 0 aromatic carbocycles. The lowest BCUT2D eigenvalue weighted by Gasteiger charge is -2.33. The first-order valence-electron chi connectivity index (χ1n) is 12.7. The number of fused-ring (bicyclic) bond motifs is 1. The van der Waals surface area contributed by atoms with Crippen LogP contribution in [0, 0.1) is 11.8 Å². The van der Waals surface area contributed by atoms with E-state index in [4.69, 9.17) is 5.73 Å². The molecule has 2 aliphatic rings. The number of nitrogens with one attached hydrogen (secondary N) is 2. The minimum Gasteiger partial charge on any atom is -0.366 e. The summed E-state index contributed by atoms with van der Waals surface area (Å²) in [5, 5.41) is 10.9. The van der Waals surface area contributed by atoms with Gasteiger partial charge >= 0.3 is 0 Å². The first-order chi connectivity index (χ1) is 16.6. The molecule has 3 aromatic heterocycles. The number of carbonyl (C=O) groups excluding carboxylic acids is 1. The van der Waals surface area contributed by atoms with Crippen molar-refractivity contribution in [1.82, 2.24) is 24.9 Å². The van der Waals surface area contributed by atoms with Crippen LogP contribution >= 0.6 is 0 Å². The number of hydrogen-bond donors (Lipinski definition) is 3. The summed E-state index contributed by atoms with van der Waals surface area (Å²) in [6.45, 7) is 0.615. The van der Waals surface area contributed by atoms with Crippen LogP contribution in [0.25, 0.3) is 5.65 Å². The van der Waals surface area contributed by atoms with Gasteiger partial charge in [0.05, 0.1) is 6.20 Å². The number of aromatic nitrogens is 4. The molecule has 1 amide bonds. The van der Waals surface area contributed by atoms with Crippen molar-refractivity contribution in [3.63, 3.8) is 0 Å². The Bertz CT molecular complexity index is 1080. The van der Waals surface area contributed by atoms with Crippen LogP contribution < -0.4 is 16.4 Å². The maximum atomic E-state index is 13.1. The molecule has 3 aromatic rings. The highest BCUT2D eigenvalue weighted by Gasteiger charge is 2.27. The monoisotopic (exact) mass is 461 g/mol. The molecule has 180 valence electrons. The number of rotatable bonds is 7. The molecular weight excluding hydrogens is 426 g/mol. The topological polar surface area (TPSA) is 110 Å². The van der Waals surface area contributed by atoms with Crippen molar-refractivity contribution < 1.29 is 4.79 Å². The van der Waals surface area contributed by atoms with Gasteiger partial charge in [-0.05, 0) is 87.3 Å². The van der Waals surface area contributed by atoms with Gasteiger partial charge in [0, 0.05) is 37.2 Å². The summed E-state index contributed by atoms with van der Waals surface area (Å²) in [5.41, 5.74) is 8.21. The summed E-state index contributed by atoms with van der Waals surface area (Å²) < 4.78 is 1.65. The van der Waals surface area contributed by atoms with Crippen LogP contribution in [0.3, 0.4) is 0 Å². The first-order valence-corrected chi connectivity index (χ1v) is 12.7. The Hall–Kier alpha value is -3.00. The zero-order valence-corrected chi connectivity index (χ0v) is 19.7. The molecule has 34 heavy (non-hydrogen) atoms. The number of carbonyl (C=O) groups is 1. The summed E-state index contributed by atoms with van der Waals surface area (Å²) in [5.74, 6) is 2.26. The van der Waals surface area contributed by atoms with Crippen LogP contribution in [0.15, 0.2) is 43.0 Å². The van der Waals surface area contributed by atoms with Crippen molar-refractivity contribution in [3.8, 4) is 0 Å². The van der Waals surface area contributed by atoms with Gasteiger partial charge in [0.2, 0.25) is 0 Å². The molecule has 8 heteroatoms. The lowest BCUT2D eigenvalue weighted by molar-refractivity contribution is 0.0920. The van der Waals surface area contributed by atoms with Crippen LogP contribution in [-0.4, -0.2) is 37.6 Å². The van der Waals surface area contributed by atoms with Gasteiger partial charge in [-0.15, -0.1) is 0 Å². The molecular formula is C26H35N7O. The molecule has 0 spiro atoms. The largest absolute Gasteiger partial charge is 0.366 e. The van der Waals surface area contributed by atoms with Gasteiger partial charge in [-0.2, -0.15) is 5.10 Å². The molecule has 0 unspecified atom stereocenters. The first kappa shape index (κ1) is 22.8. The van der Waals surface area contributed by atoms with Crippen LogP contribution in [0.5, 0.6) is 0 Å². The number of nitrogens with two attached hydrogens (primary N) is 1. The lowest BCUT2D eigenvalue weighted by Crippen LogP contribution is -2.38. The summed E-state index contributed by atoms with van der Waals surface area (Å²) in [7, 11) is 0. The lowest BCUT2D eigenvalue weighted by atomic mass is 9.76. The third-order valence-corrected chi connectivity index (χ3v) is 7.55. The molecule has 0 bridgehead atoms. The van der Waals surface area contributed by atoms with E-state index in [-0.39, 0.29) is 11.9 Å². The van der Waals surface area contributed by atoms with E-state index in [1.165, 1.54) is 44.9 Å². The number of anilines is 1. The zero-order valence-electron chi connectivity index (χ0n) is 19.7. The smallest absolute Gasteiger partial charge is 0.256 e.